The number of nitrogens with zero attached hydrogens (tertiary/aromatic N) is 2. The van der Waals surface area contributed by atoms with Gasteiger partial charge in [-0.15, -0.1) is 22.7 Å². The van der Waals surface area contributed by atoms with Gasteiger partial charge in [-0.25, -0.2) is 0 Å². The highest BCUT2D eigenvalue weighted by Crippen LogP contribution is 2.48. The van der Waals surface area contributed by atoms with Crippen LogP contribution >= 0.6 is 22.7 Å². The second kappa shape index (κ2) is 10.2. The predicted molar refractivity (Wildman–Crippen MR) is 258 cm³/mol. The molecule has 0 saturated carbocycles. The molecule has 14 aromatic rings. The number of hydrogen-bond acceptors (Lipinski definition) is 2. The van der Waals surface area contributed by atoms with Gasteiger partial charge < -0.3 is 9.13 Å². The fourth-order valence-electron chi connectivity index (χ4n) is 11.7. The summed E-state index contributed by atoms with van der Waals surface area (Å²) in [7, 11) is 0. The molecule has 0 N–H and O–H groups in total. The van der Waals surface area contributed by atoms with Crippen molar-refractivity contribution in [1.82, 2.24) is 9.13 Å². The quantitative estimate of drug-likeness (QED) is 0.136. The average molecular weight is 779 g/mol. The van der Waals surface area contributed by atoms with Crippen LogP contribution in [0.25, 0.3) is 128 Å². The number of rotatable bonds is 0. The minimum absolute atomic E-state index is 0.0429. The van der Waals surface area contributed by atoms with E-state index < -0.39 is 0 Å². The highest BCUT2D eigenvalue weighted by atomic mass is 32.1. The molecular formula is C54H27BN2S2. The van der Waals surface area contributed by atoms with Crippen LogP contribution in [0.1, 0.15) is 0 Å². The molecular weight excluding hydrogens is 752 g/mol. The van der Waals surface area contributed by atoms with Crippen molar-refractivity contribution < 1.29 is 0 Å². The molecule has 0 radical (unpaired) electrons. The summed E-state index contributed by atoms with van der Waals surface area (Å²) in [6.07, 6.45) is 0. The molecule has 10 aromatic carbocycles. The monoisotopic (exact) mass is 778 g/mol. The van der Waals surface area contributed by atoms with Gasteiger partial charge in [-0.05, 0) is 85.8 Å². The fraction of sp³-hybridized carbons (Fsp3) is 0. The number of benzene rings is 10. The van der Waals surface area contributed by atoms with Crippen molar-refractivity contribution >= 4 is 162 Å². The Morgan fingerprint density at radius 2 is 0.814 bits per heavy atom. The lowest BCUT2D eigenvalue weighted by atomic mass is 9.34. The van der Waals surface area contributed by atoms with Gasteiger partial charge in [-0.1, -0.05) is 121 Å². The molecule has 0 fully saturated rings. The highest BCUT2D eigenvalue weighted by Gasteiger charge is 2.42. The minimum Gasteiger partial charge on any atom is -0.310 e. The summed E-state index contributed by atoms with van der Waals surface area (Å²) in [5.74, 6) is 0. The molecule has 0 atom stereocenters. The molecule has 16 rings (SSSR count). The summed E-state index contributed by atoms with van der Waals surface area (Å²) < 4.78 is 10.7. The van der Waals surface area contributed by atoms with E-state index in [1.165, 1.54) is 144 Å². The topological polar surface area (TPSA) is 9.86 Å². The number of thiophene rings is 2. The Morgan fingerprint density at radius 3 is 1.39 bits per heavy atom. The van der Waals surface area contributed by atoms with E-state index in [1.807, 2.05) is 22.7 Å². The molecule has 2 aliphatic heterocycles. The SMILES string of the molecule is c1ccc2c3c4c(cc2c1)-n1c2cc5sc6ccccc6c5cc2c2c5ccccc5cc(c21)B4c1cc2ccccc2c2c4cc5c(cc4n-3c12)sc1ccccc15. The molecule has 0 bridgehead atoms. The van der Waals surface area contributed by atoms with E-state index in [0.29, 0.717) is 0 Å². The lowest BCUT2D eigenvalue weighted by molar-refractivity contribution is 1.16. The Hall–Kier alpha value is -6.92. The van der Waals surface area contributed by atoms with E-state index in [0.717, 1.165) is 0 Å². The first-order chi connectivity index (χ1) is 29.3. The van der Waals surface area contributed by atoms with Crippen molar-refractivity contribution in [2.45, 2.75) is 0 Å². The van der Waals surface area contributed by atoms with Gasteiger partial charge in [0.05, 0.1) is 27.8 Å². The Kier molecular flexibility index (Phi) is 5.22. The molecule has 5 heteroatoms. The second-order valence-corrected chi connectivity index (χ2v) is 18.9. The van der Waals surface area contributed by atoms with Gasteiger partial charge in [0.15, 0.2) is 0 Å². The summed E-state index contributed by atoms with van der Waals surface area (Å²) in [6, 6.07) is 62.8. The largest absolute Gasteiger partial charge is 0.310 e. The maximum atomic E-state index is 2.69. The first kappa shape index (κ1) is 30.2. The van der Waals surface area contributed by atoms with Crippen molar-refractivity contribution in [3.8, 4) is 11.4 Å². The molecule has 6 heterocycles. The third-order valence-corrected chi connectivity index (χ3v) is 16.2. The third-order valence-electron chi connectivity index (χ3n) is 14.0. The summed E-state index contributed by atoms with van der Waals surface area (Å²) in [4.78, 5) is 0. The zero-order chi connectivity index (χ0) is 37.8. The first-order valence-electron chi connectivity index (χ1n) is 20.5. The molecule has 0 spiro atoms. The maximum absolute atomic E-state index is 2.69. The zero-order valence-corrected chi connectivity index (χ0v) is 33.0. The van der Waals surface area contributed by atoms with E-state index >= 15 is 0 Å². The van der Waals surface area contributed by atoms with Crippen molar-refractivity contribution in [3.63, 3.8) is 0 Å². The number of fused-ring (bicyclic) bond motifs is 22. The Labute approximate surface area is 344 Å². The van der Waals surface area contributed by atoms with E-state index in [9.17, 15) is 0 Å². The van der Waals surface area contributed by atoms with Crippen LogP contribution in [0.2, 0.25) is 0 Å². The highest BCUT2D eigenvalue weighted by molar-refractivity contribution is 7.26. The molecule has 2 nitrogen and oxygen atoms in total. The molecule has 4 aromatic heterocycles. The lowest BCUT2D eigenvalue weighted by Gasteiger charge is -2.35. The molecule has 0 amide bonds. The van der Waals surface area contributed by atoms with Crippen LogP contribution < -0.4 is 16.4 Å². The molecule has 59 heavy (non-hydrogen) atoms. The number of hydrogen-bond donors (Lipinski definition) is 0. The van der Waals surface area contributed by atoms with Gasteiger partial charge in [-0.3, -0.25) is 0 Å². The first-order valence-corrected chi connectivity index (χ1v) is 22.1. The molecule has 268 valence electrons. The summed E-state index contributed by atoms with van der Waals surface area (Å²) >= 11 is 3.82. The minimum atomic E-state index is 0.0429. The van der Waals surface area contributed by atoms with E-state index in [4.69, 9.17) is 0 Å². The Bertz CT molecular complexity index is 4330. The maximum Gasteiger partial charge on any atom is 0.252 e. The lowest BCUT2D eigenvalue weighted by Crippen LogP contribution is -2.59. The summed E-state index contributed by atoms with van der Waals surface area (Å²) in [5.41, 5.74) is 12.1. The van der Waals surface area contributed by atoms with Crippen LogP contribution in [0.5, 0.6) is 0 Å². The van der Waals surface area contributed by atoms with E-state index in [-0.39, 0.29) is 6.71 Å². The van der Waals surface area contributed by atoms with E-state index in [1.54, 1.807) is 0 Å². The van der Waals surface area contributed by atoms with Gasteiger partial charge in [0.1, 0.15) is 0 Å². The Morgan fingerprint density at radius 1 is 0.356 bits per heavy atom. The van der Waals surface area contributed by atoms with Gasteiger partial charge in [0, 0.05) is 73.0 Å². The molecule has 2 aliphatic rings. The van der Waals surface area contributed by atoms with Gasteiger partial charge >= 0.3 is 0 Å². The molecule has 0 saturated heterocycles. The smallest absolute Gasteiger partial charge is 0.252 e. The second-order valence-electron chi connectivity index (χ2n) is 16.7. The Balaban J connectivity index is 1.18. The van der Waals surface area contributed by atoms with Crippen LogP contribution in [-0.2, 0) is 0 Å². The van der Waals surface area contributed by atoms with Crippen LogP contribution in [0.4, 0.5) is 0 Å². The van der Waals surface area contributed by atoms with Crippen molar-refractivity contribution in [3.05, 3.63) is 164 Å². The van der Waals surface area contributed by atoms with E-state index in [2.05, 4.69) is 173 Å². The average Bonchev–Trinajstić information content (AvgIpc) is 4.02. The predicted octanol–water partition coefficient (Wildman–Crippen LogP) is 13.2. The van der Waals surface area contributed by atoms with Crippen LogP contribution in [0.15, 0.2) is 164 Å². The van der Waals surface area contributed by atoms with Gasteiger partial charge in [0.2, 0.25) is 0 Å². The van der Waals surface area contributed by atoms with Crippen LogP contribution in [0.3, 0.4) is 0 Å². The van der Waals surface area contributed by atoms with Crippen LogP contribution in [-0.4, -0.2) is 15.8 Å². The normalized spacial score (nSPS) is 13.4. The standard InChI is InChI=1S/C54H27BN2S2/c1-4-14-31-28(11-1)21-40-53-49(31)38-24-36-34-17-7-9-19-45(34)58-47(36)26-42(38)56(53)44-23-30-13-3-6-16-33(30)52-51(44)55(40)41-22-29-12-2-5-15-32(29)50-39-25-37-35-18-8-10-20-46(35)59-48(37)27-43(39)57(52)54(41)50/h1-27H. The third kappa shape index (κ3) is 3.48. The van der Waals surface area contributed by atoms with Crippen molar-refractivity contribution in [1.29, 1.82) is 0 Å². The van der Waals surface area contributed by atoms with Crippen LogP contribution in [0, 0.1) is 0 Å². The van der Waals surface area contributed by atoms with Crippen molar-refractivity contribution in [2.24, 2.45) is 0 Å². The molecule has 0 unspecified atom stereocenters. The van der Waals surface area contributed by atoms with Crippen molar-refractivity contribution in [2.75, 3.05) is 0 Å². The number of aromatic nitrogens is 2. The van der Waals surface area contributed by atoms with Gasteiger partial charge in [-0.2, -0.15) is 0 Å². The van der Waals surface area contributed by atoms with Gasteiger partial charge in [0.25, 0.3) is 6.71 Å². The fourth-order valence-corrected chi connectivity index (χ4v) is 14.0. The zero-order valence-electron chi connectivity index (χ0n) is 31.4. The summed E-state index contributed by atoms with van der Waals surface area (Å²) in [6.45, 7) is 0.0429. The summed E-state index contributed by atoms with van der Waals surface area (Å²) in [5, 5.41) is 18.5. The molecule has 0 aliphatic carbocycles.